The maximum Gasteiger partial charge on any atom is 0.264 e. The second-order valence-corrected chi connectivity index (χ2v) is 7.74. The monoisotopic (exact) mass is 360 g/mol. The third kappa shape index (κ3) is 2.84. The molecular weight excluding hydrogens is 340 g/mol. The zero-order valence-corrected chi connectivity index (χ0v) is 15.1. The number of hydrogen-bond donors (Lipinski definition) is 1. The maximum atomic E-state index is 13.2. The Morgan fingerprint density at radius 2 is 1.96 bits per heavy atom. The molecule has 1 atom stereocenters. The molecule has 7 heteroatoms. The molecule has 1 N–H and O–H groups in total. The summed E-state index contributed by atoms with van der Waals surface area (Å²) in [6, 6.07) is 11.6. The highest BCUT2D eigenvalue weighted by atomic mass is 32.2. The number of anilines is 1. The van der Waals surface area contributed by atoms with Gasteiger partial charge in [0, 0.05) is 13.1 Å². The van der Waals surface area contributed by atoms with Crippen molar-refractivity contribution in [1.29, 1.82) is 0 Å². The molecule has 0 fully saturated rings. The third-order valence-electron chi connectivity index (χ3n) is 4.34. The molecule has 0 aliphatic carbocycles. The van der Waals surface area contributed by atoms with Crippen LogP contribution in [-0.2, 0) is 16.4 Å². The normalized spacial score (nSPS) is 16.4. The first-order valence-electron chi connectivity index (χ1n) is 7.92. The van der Waals surface area contributed by atoms with Gasteiger partial charge >= 0.3 is 0 Å². The third-order valence-corrected chi connectivity index (χ3v) is 6.27. The minimum atomic E-state index is -3.79. The number of nitrogens with one attached hydrogen (secondary N) is 1. The number of sulfonamides is 1. The molecule has 0 spiro atoms. The van der Waals surface area contributed by atoms with Crippen molar-refractivity contribution < 1.29 is 17.9 Å². The fraction of sp³-hybridized carbons (Fsp3) is 0.278. The fourth-order valence-electron chi connectivity index (χ4n) is 3.18. The average molecular weight is 360 g/mol. The summed E-state index contributed by atoms with van der Waals surface area (Å²) in [5.41, 5.74) is 1.87. The van der Waals surface area contributed by atoms with Crippen LogP contribution in [-0.4, -0.2) is 34.5 Å². The van der Waals surface area contributed by atoms with Crippen LogP contribution in [0.15, 0.2) is 47.4 Å². The van der Waals surface area contributed by atoms with Crippen LogP contribution in [0.5, 0.6) is 5.75 Å². The molecule has 0 saturated heterocycles. The van der Waals surface area contributed by atoms with Crippen LogP contribution in [0.2, 0.25) is 0 Å². The van der Waals surface area contributed by atoms with Crippen molar-refractivity contribution in [3.8, 4) is 5.75 Å². The molecule has 0 saturated carbocycles. The summed E-state index contributed by atoms with van der Waals surface area (Å²) in [6.45, 7) is 1.88. The van der Waals surface area contributed by atoms with Gasteiger partial charge in [-0.15, -0.1) is 0 Å². The first-order valence-corrected chi connectivity index (χ1v) is 9.36. The van der Waals surface area contributed by atoms with E-state index < -0.39 is 15.9 Å². The van der Waals surface area contributed by atoms with Crippen molar-refractivity contribution in [3.05, 3.63) is 53.6 Å². The van der Waals surface area contributed by atoms with Gasteiger partial charge in [0.25, 0.3) is 15.9 Å². The summed E-state index contributed by atoms with van der Waals surface area (Å²) in [5, 5.41) is 2.50. The highest BCUT2D eigenvalue weighted by Gasteiger charge is 2.36. The molecule has 1 unspecified atom stereocenters. The predicted molar refractivity (Wildman–Crippen MR) is 95.7 cm³/mol. The number of carbonyl (C=O) groups excluding carboxylic acids is 1. The van der Waals surface area contributed by atoms with Gasteiger partial charge in [-0.2, -0.15) is 0 Å². The Balaban J connectivity index is 2.11. The number of benzene rings is 2. The number of para-hydroxylation sites is 1. The van der Waals surface area contributed by atoms with Gasteiger partial charge in [0.15, 0.2) is 0 Å². The van der Waals surface area contributed by atoms with E-state index in [1.165, 1.54) is 36.7 Å². The summed E-state index contributed by atoms with van der Waals surface area (Å²) in [4.78, 5) is 12.1. The van der Waals surface area contributed by atoms with E-state index in [2.05, 4.69) is 5.32 Å². The van der Waals surface area contributed by atoms with Crippen LogP contribution in [0.1, 0.15) is 22.8 Å². The number of amides is 1. The number of ether oxygens (including phenoxy) is 1. The van der Waals surface area contributed by atoms with Crippen LogP contribution < -0.4 is 14.4 Å². The van der Waals surface area contributed by atoms with Gasteiger partial charge in [0.05, 0.1) is 23.3 Å². The summed E-state index contributed by atoms with van der Waals surface area (Å²) in [6.07, 6.45) is 0.661. The highest BCUT2D eigenvalue weighted by Crippen LogP contribution is 2.37. The maximum absolute atomic E-state index is 13.2. The van der Waals surface area contributed by atoms with Crippen LogP contribution in [0.3, 0.4) is 0 Å². The Morgan fingerprint density at radius 1 is 1.24 bits per heavy atom. The second kappa shape index (κ2) is 6.40. The van der Waals surface area contributed by atoms with Gasteiger partial charge in [0.1, 0.15) is 5.75 Å². The van der Waals surface area contributed by atoms with Gasteiger partial charge in [-0.05, 0) is 43.2 Å². The lowest BCUT2D eigenvalue weighted by molar-refractivity contribution is 0.0960. The first-order chi connectivity index (χ1) is 11.9. The number of methoxy groups -OCH3 is 1. The molecule has 1 aliphatic rings. The van der Waals surface area contributed by atoms with Crippen LogP contribution in [0.25, 0.3) is 0 Å². The first kappa shape index (κ1) is 17.3. The van der Waals surface area contributed by atoms with Gasteiger partial charge in [-0.25, -0.2) is 8.42 Å². The zero-order chi connectivity index (χ0) is 18.2. The van der Waals surface area contributed by atoms with Crippen molar-refractivity contribution >= 4 is 21.6 Å². The predicted octanol–water partition coefficient (Wildman–Crippen LogP) is 2.19. The quantitative estimate of drug-likeness (QED) is 0.907. The molecular formula is C18H20N2O4S. The van der Waals surface area contributed by atoms with E-state index in [-0.39, 0.29) is 16.5 Å². The topological polar surface area (TPSA) is 75.7 Å². The average Bonchev–Trinajstić information content (AvgIpc) is 2.96. The van der Waals surface area contributed by atoms with Crippen LogP contribution in [0, 0.1) is 0 Å². The van der Waals surface area contributed by atoms with Crippen molar-refractivity contribution in [2.45, 2.75) is 24.3 Å². The number of fused-ring (bicyclic) bond motifs is 1. The van der Waals surface area contributed by atoms with Crippen molar-refractivity contribution in [2.24, 2.45) is 0 Å². The van der Waals surface area contributed by atoms with E-state index in [1.807, 2.05) is 25.1 Å². The lowest BCUT2D eigenvalue weighted by atomic mass is 10.1. The van der Waals surface area contributed by atoms with E-state index in [4.69, 9.17) is 4.74 Å². The molecule has 1 aliphatic heterocycles. The van der Waals surface area contributed by atoms with Crippen molar-refractivity contribution in [3.63, 3.8) is 0 Å². The molecule has 1 amide bonds. The van der Waals surface area contributed by atoms with Gasteiger partial charge in [-0.3, -0.25) is 9.10 Å². The van der Waals surface area contributed by atoms with E-state index in [9.17, 15) is 13.2 Å². The molecule has 6 nitrogen and oxygen atoms in total. The largest absolute Gasteiger partial charge is 0.496 e. The second-order valence-electron chi connectivity index (χ2n) is 5.92. The molecule has 1 heterocycles. The van der Waals surface area contributed by atoms with Gasteiger partial charge < -0.3 is 10.1 Å². The van der Waals surface area contributed by atoms with Crippen molar-refractivity contribution in [2.75, 3.05) is 18.5 Å². The van der Waals surface area contributed by atoms with Gasteiger partial charge in [0.2, 0.25) is 0 Å². The summed E-state index contributed by atoms with van der Waals surface area (Å²) >= 11 is 0. The molecule has 3 rings (SSSR count). The highest BCUT2D eigenvalue weighted by molar-refractivity contribution is 7.92. The molecule has 2 aromatic carbocycles. The number of hydrogen-bond acceptors (Lipinski definition) is 4. The van der Waals surface area contributed by atoms with E-state index in [0.717, 1.165) is 5.56 Å². The standard InChI is InChI=1S/C18H20N2O4S/c1-12-10-13-6-4-5-7-16(13)20(12)25(22,23)14-8-9-17(24-3)15(11-14)18(21)19-2/h4-9,11-12H,10H2,1-3H3,(H,19,21). The van der Waals surface area contributed by atoms with E-state index in [0.29, 0.717) is 17.9 Å². The SMILES string of the molecule is CNC(=O)c1cc(S(=O)(=O)N2c3ccccc3CC2C)ccc1OC. The molecule has 2 aromatic rings. The lowest BCUT2D eigenvalue weighted by Crippen LogP contribution is -2.35. The van der Waals surface area contributed by atoms with Gasteiger partial charge in [-0.1, -0.05) is 18.2 Å². The molecule has 25 heavy (non-hydrogen) atoms. The molecule has 0 aromatic heterocycles. The summed E-state index contributed by atoms with van der Waals surface area (Å²) in [5.74, 6) is -0.0723. The smallest absolute Gasteiger partial charge is 0.264 e. The van der Waals surface area contributed by atoms with E-state index in [1.54, 1.807) is 6.07 Å². The number of nitrogens with zero attached hydrogens (tertiary/aromatic N) is 1. The Morgan fingerprint density at radius 3 is 2.64 bits per heavy atom. The molecule has 0 radical (unpaired) electrons. The Kier molecular flexibility index (Phi) is 4.43. The minimum Gasteiger partial charge on any atom is -0.496 e. The zero-order valence-electron chi connectivity index (χ0n) is 14.3. The molecule has 0 bridgehead atoms. The number of rotatable bonds is 4. The lowest BCUT2D eigenvalue weighted by Gasteiger charge is -2.25. The summed E-state index contributed by atoms with van der Waals surface area (Å²) < 4.78 is 33.0. The Bertz CT molecular complexity index is 924. The molecule has 132 valence electrons. The summed E-state index contributed by atoms with van der Waals surface area (Å²) in [7, 11) is -0.866. The Hall–Kier alpha value is -2.54. The van der Waals surface area contributed by atoms with E-state index >= 15 is 0 Å². The fourth-order valence-corrected chi connectivity index (χ4v) is 4.90. The minimum absolute atomic E-state index is 0.0652. The number of carbonyl (C=O) groups is 1. The van der Waals surface area contributed by atoms with Crippen LogP contribution in [0.4, 0.5) is 5.69 Å². The van der Waals surface area contributed by atoms with Crippen molar-refractivity contribution in [1.82, 2.24) is 5.32 Å². The Labute approximate surface area is 147 Å². The van der Waals surface area contributed by atoms with Crippen LogP contribution >= 0.6 is 0 Å².